The van der Waals surface area contributed by atoms with Crippen molar-refractivity contribution in [1.29, 1.82) is 0 Å². The highest BCUT2D eigenvalue weighted by atomic mass is 32.2. The molecule has 8 nitrogen and oxygen atoms in total. The van der Waals surface area contributed by atoms with Gasteiger partial charge in [-0.1, -0.05) is 6.07 Å². The van der Waals surface area contributed by atoms with Gasteiger partial charge in [-0.25, -0.2) is 17.9 Å². The van der Waals surface area contributed by atoms with Gasteiger partial charge in [0.05, 0.1) is 6.61 Å². The third-order valence-corrected chi connectivity index (χ3v) is 5.64. The molecular formula is C19H25N3O5S. The number of nitrogens with zero attached hydrogens (tertiary/aromatic N) is 1. The Balaban J connectivity index is 1.94. The van der Waals surface area contributed by atoms with Crippen LogP contribution in [-0.4, -0.2) is 38.0 Å². The summed E-state index contributed by atoms with van der Waals surface area (Å²) in [7, 11) is -2.29. The standard InChI is InChI=1S/C19H25N3O5S/c1-5-27-19(24)17-11-16(12-22(17)4)28(25,26)20-9-8-18(23)21-15-7-6-13(2)14(3)10-15/h6-7,10-12,20H,5,8-9H2,1-4H3,(H,21,23). The lowest BCUT2D eigenvalue weighted by atomic mass is 10.1. The van der Waals surface area contributed by atoms with Crippen molar-refractivity contribution >= 4 is 27.6 Å². The highest BCUT2D eigenvalue weighted by molar-refractivity contribution is 7.89. The summed E-state index contributed by atoms with van der Waals surface area (Å²) in [6.45, 7) is 5.72. The molecular weight excluding hydrogens is 382 g/mol. The summed E-state index contributed by atoms with van der Waals surface area (Å²) in [4.78, 5) is 23.8. The Morgan fingerprint density at radius 3 is 2.50 bits per heavy atom. The lowest BCUT2D eigenvalue weighted by Gasteiger charge is -2.08. The fourth-order valence-electron chi connectivity index (χ4n) is 2.51. The van der Waals surface area contributed by atoms with Gasteiger partial charge in [0.1, 0.15) is 10.6 Å². The van der Waals surface area contributed by atoms with Crippen molar-refractivity contribution in [3.8, 4) is 0 Å². The van der Waals surface area contributed by atoms with Crippen LogP contribution in [-0.2, 0) is 26.6 Å². The molecule has 1 aromatic carbocycles. The molecule has 1 amide bonds. The number of anilines is 1. The normalized spacial score (nSPS) is 11.3. The van der Waals surface area contributed by atoms with E-state index in [0.717, 1.165) is 11.1 Å². The number of nitrogens with one attached hydrogen (secondary N) is 2. The predicted molar refractivity (Wildman–Crippen MR) is 106 cm³/mol. The van der Waals surface area contributed by atoms with Crippen LogP contribution in [0.1, 0.15) is 35.0 Å². The van der Waals surface area contributed by atoms with Gasteiger partial charge in [-0.15, -0.1) is 0 Å². The zero-order valence-electron chi connectivity index (χ0n) is 16.4. The fraction of sp³-hybridized carbons (Fsp3) is 0.368. The summed E-state index contributed by atoms with van der Waals surface area (Å²) in [5.41, 5.74) is 2.98. The van der Waals surface area contributed by atoms with E-state index in [0.29, 0.717) is 5.69 Å². The molecule has 1 heterocycles. The summed E-state index contributed by atoms with van der Waals surface area (Å²) in [5, 5.41) is 2.74. The van der Waals surface area contributed by atoms with E-state index in [-0.39, 0.29) is 36.1 Å². The van der Waals surface area contributed by atoms with Crippen LogP contribution in [0.2, 0.25) is 0 Å². The average molecular weight is 407 g/mol. The number of carbonyl (C=O) groups excluding carboxylic acids is 2. The number of benzene rings is 1. The van der Waals surface area contributed by atoms with Crippen molar-refractivity contribution in [2.75, 3.05) is 18.5 Å². The van der Waals surface area contributed by atoms with Crippen LogP contribution in [0.3, 0.4) is 0 Å². The zero-order chi connectivity index (χ0) is 20.9. The van der Waals surface area contributed by atoms with E-state index >= 15 is 0 Å². The number of esters is 1. The first-order valence-corrected chi connectivity index (χ1v) is 10.3. The first kappa shape index (κ1) is 21.6. The van der Waals surface area contributed by atoms with Gasteiger partial charge in [0.15, 0.2) is 0 Å². The van der Waals surface area contributed by atoms with E-state index in [9.17, 15) is 18.0 Å². The molecule has 2 rings (SSSR count). The summed E-state index contributed by atoms with van der Waals surface area (Å²) >= 11 is 0. The number of aryl methyl sites for hydroxylation is 3. The van der Waals surface area contributed by atoms with Crippen LogP contribution in [0, 0.1) is 13.8 Å². The van der Waals surface area contributed by atoms with E-state index in [1.54, 1.807) is 20.0 Å². The number of hydrogen-bond donors (Lipinski definition) is 2. The molecule has 0 atom stereocenters. The van der Waals surface area contributed by atoms with Crippen LogP contribution < -0.4 is 10.0 Å². The minimum atomic E-state index is -3.85. The molecule has 1 aromatic heterocycles. The third-order valence-electron chi connectivity index (χ3n) is 4.21. The van der Waals surface area contributed by atoms with Gasteiger partial charge in [0.25, 0.3) is 0 Å². The SMILES string of the molecule is CCOC(=O)c1cc(S(=O)(=O)NCCC(=O)Nc2ccc(C)c(C)c2)cn1C. The summed E-state index contributed by atoms with van der Waals surface area (Å²) < 4.78 is 33.4. The van der Waals surface area contributed by atoms with E-state index in [1.807, 2.05) is 26.0 Å². The Labute approximate surface area is 164 Å². The first-order valence-electron chi connectivity index (χ1n) is 8.84. The van der Waals surface area contributed by atoms with E-state index in [4.69, 9.17) is 4.74 Å². The van der Waals surface area contributed by atoms with Gasteiger partial charge in [-0.05, 0) is 50.1 Å². The molecule has 0 aliphatic carbocycles. The fourth-order valence-corrected chi connectivity index (χ4v) is 3.62. The summed E-state index contributed by atoms with van der Waals surface area (Å²) in [6, 6.07) is 6.81. The highest BCUT2D eigenvalue weighted by Crippen LogP contribution is 2.15. The molecule has 2 aromatic rings. The highest BCUT2D eigenvalue weighted by Gasteiger charge is 2.21. The average Bonchev–Trinajstić information content (AvgIpc) is 3.01. The first-order chi connectivity index (χ1) is 13.1. The minimum absolute atomic E-state index is 0.0241. The molecule has 152 valence electrons. The minimum Gasteiger partial charge on any atom is -0.461 e. The zero-order valence-corrected chi connectivity index (χ0v) is 17.2. The van der Waals surface area contributed by atoms with Crippen molar-refractivity contribution in [3.05, 3.63) is 47.3 Å². The molecule has 9 heteroatoms. The van der Waals surface area contributed by atoms with Gasteiger partial charge in [-0.3, -0.25) is 4.79 Å². The predicted octanol–water partition coefficient (Wildman–Crippen LogP) is 2.13. The largest absolute Gasteiger partial charge is 0.461 e. The molecule has 28 heavy (non-hydrogen) atoms. The number of hydrogen-bond acceptors (Lipinski definition) is 5. The number of rotatable bonds is 8. The van der Waals surface area contributed by atoms with Crippen molar-refractivity contribution in [3.63, 3.8) is 0 Å². The van der Waals surface area contributed by atoms with Crippen molar-refractivity contribution in [2.45, 2.75) is 32.1 Å². The second-order valence-electron chi connectivity index (χ2n) is 6.39. The molecule has 0 saturated heterocycles. The Hall–Kier alpha value is -2.65. The van der Waals surface area contributed by atoms with E-state index < -0.39 is 16.0 Å². The number of carbonyl (C=O) groups is 2. The summed E-state index contributed by atoms with van der Waals surface area (Å²) in [5.74, 6) is -0.898. The molecule has 0 unspecified atom stereocenters. The second-order valence-corrected chi connectivity index (χ2v) is 8.15. The Morgan fingerprint density at radius 1 is 1.14 bits per heavy atom. The molecule has 0 saturated carbocycles. The van der Waals surface area contributed by atoms with Gasteiger partial charge in [0.2, 0.25) is 15.9 Å². The van der Waals surface area contributed by atoms with Gasteiger partial charge >= 0.3 is 5.97 Å². The Morgan fingerprint density at radius 2 is 1.86 bits per heavy atom. The number of amides is 1. The summed E-state index contributed by atoms with van der Waals surface area (Å²) in [6.07, 6.45) is 1.30. The van der Waals surface area contributed by atoms with Crippen LogP contribution in [0.5, 0.6) is 0 Å². The van der Waals surface area contributed by atoms with Crippen molar-refractivity contribution < 1.29 is 22.7 Å². The number of ether oxygens (including phenoxy) is 1. The van der Waals surface area contributed by atoms with E-state index in [1.165, 1.54) is 16.8 Å². The lowest BCUT2D eigenvalue weighted by molar-refractivity contribution is -0.116. The van der Waals surface area contributed by atoms with Gasteiger partial charge < -0.3 is 14.6 Å². The molecule has 0 bridgehead atoms. The van der Waals surface area contributed by atoms with E-state index in [2.05, 4.69) is 10.0 Å². The molecule has 0 radical (unpaired) electrons. The maximum Gasteiger partial charge on any atom is 0.354 e. The monoisotopic (exact) mass is 407 g/mol. The van der Waals surface area contributed by atoms with Crippen LogP contribution in [0.4, 0.5) is 5.69 Å². The van der Waals surface area contributed by atoms with Crippen molar-refractivity contribution in [2.24, 2.45) is 7.05 Å². The smallest absolute Gasteiger partial charge is 0.354 e. The van der Waals surface area contributed by atoms with Crippen LogP contribution in [0.25, 0.3) is 0 Å². The molecule has 0 aliphatic rings. The molecule has 2 N–H and O–H groups in total. The quantitative estimate of drug-likeness (QED) is 0.652. The third kappa shape index (κ3) is 5.43. The topological polar surface area (TPSA) is 106 Å². The van der Waals surface area contributed by atoms with Gasteiger partial charge in [-0.2, -0.15) is 0 Å². The van der Waals surface area contributed by atoms with Gasteiger partial charge in [0, 0.05) is 31.9 Å². The van der Waals surface area contributed by atoms with Crippen LogP contribution >= 0.6 is 0 Å². The number of aromatic nitrogens is 1. The molecule has 0 fully saturated rings. The second kappa shape index (κ2) is 9.03. The molecule has 0 aliphatic heterocycles. The maximum absolute atomic E-state index is 12.4. The van der Waals surface area contributed by atoms with Crippen molar-refractivity contribution in [1.82, 2.24) is 9.29 Å². The lowest BCUT2D eigenvalue weighted by Crippen LogP contribution is -2.27. The number of sulfonamides is 1. The van der Waals surface area contributed by atoms with Crippen LogP contribution in [0.15, 0.2) is 35.4 Å². The molecule has 0 spiro atoms. The Bertz CT molecular complexity index is 979. The maximum atomic E-state index is 12.4. The Kier molecular flexibility index (Phi) is 6.98.